The number of likely N-dealkylation sites (N-methyl/N-ethyl adjacent to an activating group) is 2. The molecule has 0 amide bonds. The predicted molar refractivity (Wildman–Crippen MR) is 74.7 cm³/mol. The summed E-state index contributed by atoms with van der Waals surface area (Å²) in [5, 5.41) is 9.74. The van der Waals surface area contributed by atoms with Crippen LogP contribution in [0.5, 0.6) is 5.75 Å². The lowest BCUT2D eigenvalue weighted by Crippen LogP contribution is -2.38. The molecule has 1 aliphatic heterocycles. The highest BCUT2D eigenvalue weighted by atomic mass is 19.1. The molecule has 0 radical (unpaired) electrons. The van der Waals surface area contributed by atoms with Crippen molar-refractivity contribution in [1.82, 2.24) is 9.80 Å². The summed E-state index contributed by atoms with van der Waals surface area (Å²) in [5.74, 6) is -0.121. The zero-order valence-electron chi connectivity index (χ0n) is 11.8. The van der Waals surface area contributed by atoms with Gasteiger partial charge in [-0.15, -0.1) is 0 Å². The van der Waals surface area contributed by atoms with Gasteiger partial charge in [0.25, 0.3) is 0 Å². The fourth-order valence-electron chi connectivity index (χ4n) is 2.91. The molecule has 0 aliphatic carbocycles. The Bertz CT molecular complexity index is 425. The summed E-state index contributed by atoms with van der Waals surface area (Å²) in [6.45, 7) is 6.00. The second-order valence-corrected chi connectivity index (χ2v) is 5.39. The van der Waals surface area contributed by atoms with Gasteiger partial charge in [0.1, 0.15) is 11.6 Å². The fourth-order valence-corrected chi connectivity index (χ4v) is 2.91. The minimum atomic E-state index is -0.294. The molecular weight excluding hydrogens is 243 g/mol. The van der Waals surface area contributed by atoms with Crippen LogP contribution < -0.4 is 0 Å². The predicted octanol–water partition coefficient (Wildman–Crippen LogP) is 2.45. The van der Waals surface area contributed by atoms with Crippen LogP contribution in [0.3, 0.4) is 0 Å². The first-order valence-corrected chi connectivity index (χ1v) is 7.00. The number of hydrogen-bond donors (Lipinski definition) is 1. The quantitative estimate of drug-likeness (QED) is 0.887. The van der Waals surface area contributed by atoms with Crippen LogP contribution in [-0.4, -0.2) is 47.6 Å². The standard InChI is InChI=1S/C15H23FN2O/c1-3-18-8-4-5-14(18)11-17(2)10-12-9-13(16)6-7-15(12)19/h6-7,9,14,19H,3-5,8,10-11H2,1-2H3. The summed E-state index contributed by atoms with van der Waals surface area (Å²) in [5.41, 5.74) is 0.656. The van der Waals surface area contributed by atoms with Crippen LogP contribution in [0.25, 0.3) is 0 Å². The van der Waals surface area contributed by atoms with Crippen molar-refractivity contribution < 1.29 is 9.50 Å². The monoisotopic (exact) mass is 266 g/mol. The molecule has 3 nitrogen and oxygen atoms in total. The van der Waals surface area contributed by atoms with E-state index in [1.165, 1.54) is 37.6 Å². The number of halogens is 1. The van der Waals surface area contributed by atoms with Crippen LogP contribution in [0.2, 0.25) is 0 Å². The minimum Gasteiger partial charge on any atom is -0.508 e. The zero-order chi connectivity index (χ0) is 13.8. The lowest BCUT2D eigenvalue weighted by Gasteiger charge is -2.27. The van der Waals surface area contributed by atoms with Crippen molar-refractivity contribution in [3.8, 4) is 5.75 Å². The largest absolute Gasteiger partial charge is 0.508 e. The normalized spacial score (nSPS) is 20.3. The molecule has 1 heterocycles. The van der Waals surface area contributed by atoms with Gasteiger partial charge in [0.05, 0.1) is 0 Å². The average molecular weight is 266 g/mol. The Labute approximate surface area is 114 Å². The smallest absolute Gasteiger partial charge is 0.123 e. The summed E-state index contributed by atoms with van der Waals surface area (Å²) in [7, 11) is 2.02. The van der Waals surface area contributed by atoms with Gasteiger partial charge < -0.3 is 10.0 Å². The molecule has 1 fully saturated rings. The molecule has 1 aliphatic rings. The van der Waals surface area contributed by atoms with Crippen molar-refractivity contribution in [3.63, 3.8) is 0 Å². The minimum absolute atomic E-state index is 0.173. The number of aromatic hydroxyl groups is 1. The Kier molecular flexibility index (Phi) is 4.77. The summed E-state index contributed by atoms with van der Waals surface area (Å²) >= 11 is 0. The second kappa shape index (κ2) is 6.35. The van der Waals surface area contributed by atoms with E-state index in [1.54, 1.807) is 0 Å². The first-order chi connectivity index (χ1) is 9.10. The molecule has 4 heteroatoms. The fraction of sp³-hybridized carbons (Fsp3) is 0.600. The van der Waals surface area contributed by atoms with Gasteiger partial charge in [-0.3, -0.25) is 4.90 Å². The molecule has 1 aromatic rings. The van der Waals surface area contributed by atoms with E-state index in [1.807, 2.05) is 7.05 Å². The number of rotatable bonds is 5. The van der Waals surface area contributed by atoms with Gasteiger partial charge >= 0.3 is 0 Å². The molecule has 1 aromatic carbocycles. The number of likely N-dealkylation sites (tertiary alicyclic amines) is 1. The van der Waals surface area contributed by atoms with E-state index < -0.39 is 0 Å². The zero-order valence-corrected chi connectivity index (χ0v) is 11.8. The van der Waals surface area contributed by atoms with E-state index >= 15 is 0 Å². The van der Waals surface area contributed by atoms with Crippen LogP contribution in [0.15, 0.2) is 18.2 Å². The highest BCUT2D eigenvalue weighted by Crippen LogP contribution is 2.21. The molecule has 0 saturated carbocycles. The van der Waals surface area contributed by atoms with Crippen LogP contribution in [-0.2, 0) is 6.54 Å². The van der Waals surface area contributed by atoms with Crippen molar-refractivity contribution in [3.05, 3.63) is 29.6 Å². The number of hydrogen-bond acceptors (Lipinski definition) is 3. The summed E-state index contributed by atoms with van der Waals surface area (Å²) in [4.78, 5) is 4.65. The SMILES string of the molecule is CCN1CCCC1CN(C)Cc1cc(F)ccc1O. The number of phenolic OH excluding ortho intramolecular Hbond substituents is 1. The van der Waals surface area contributed by atoms with Crippen molar-refractivity contribution in [2.75, 3.05) is 26.7 Å². The summed E-state index contributed by atoms with van der Waals surface area (Å²) in [6, 6.07) is 4.71. The van der Waals surface area contributed by atoms with E-state index in [0.717, 1.165) is 13.1 Å². The third-order valence-corrected chi connectivity index (χ3v) is 3.91. The molecule has 0 aromatic heterocycles. The average Bonchev–Trinajstić information content (AvgIpc) is 2.81. The van der Waals surface area contributed by atoms with E-state index in [0.29, 0.717) is 18.2 Å². The lowest BCUT2D eigenvalue weighted by molar-refractivity contribution is 0.193. The third-order valence-electron chi connectivity index (χ3n) is 3.91. The maximum Gasteiger partial charge on any atom is 0.123 e. The number of phenols is 1. The second-order valence-electron chi connectivity index (χ2n) is 5.39. The van der Waals surface area contributed by atoms with Gasteiger partial charge in [0.15, 0.2) is 0 Å². The van der Waals surface area contributed by atoms with Crippen molar-refractivity contribution in [1.29, 1.82) is 0 Å². The molecule has 1 unspecified atom stereocenters. The molecular formula is C15H23FN2O. The topological polar surface area (TPSA) is 26.7 Å². The van der Waals surface area contributed by atoms with E-state index in [9.17, 15) is 9.50 Å². The van der Waals surface area contributed by atoms with Gasteiger partial charge in [-0.25, -0.2) is 4.39 Å². The van der Waals surface area contributed by atoms with Crippen molar-refractivity contribution in [2.45, 2.75) is 32.4 Å². The maximum atomic E-state index is 13.2. The summed E-state index contributed by atoms with van der Waals surface area (Å²) in [6.07, 6.45) is 2.49. The van der Waals surface area contributed by atoms with Gasteiger partial charge in [0, 0.05) is 24.7 Å². The van der Waals surface area contributed by atoms with E-state index in [2.05, 4.69) is 16.7 Å². The van der Waals surface area contributed by atoms with Gasteiger partial charge in [-0.1, -0.05) is 6.92 Å². The Morgan fingerprint density at radius 2 is 2.26 bits per heavy atom. The highest BCUT2D eigenvalue weighted by molar-refractivity contribution is 5.32. The van der Waals surface area contributed by atoms with Crippen molar-refractivity contribution >= 4 is 0 Å². The molecule has 1 atom stereocenters. The van der Waals surface area contributed by atoms with E-state index in [-0.39, 0.29) is 11.6 Å². The first-order valence-electron chi connectivity index (χ1n) is 7.00. The molecule has 0 bridgehead atoms. The molecule has 1 saturated heterocycles. The molecule has 1 N–H and O–H groups in total. The number of nitrogens with zero attached hydrogens (tertiary/aromatic N) is 2. The molecule has 106 valence electrons. The van der Waals surface area contributed by atoms with E-state index in [4.69, 9.17) is 0 Å². The van der Waals surface area contributed by atoms with Crippen LogP contribution in [0.1, 0.15) is 25.3 Å². The van der Waals surface area contributed by atoms with Crippen molar-refractivity contribution in [2.24, 2.45) is 0 Å². The Morgan fingerprint density at radius 1 is 1.47 bits per heavy atom. The third kappa shape index (κ3) is 3.67. The Balaban J connectivity index is 1.93. The first kappa shape index (κ1) is 14.3. The van der Waals surface area contributed by atoms with Crippen LogP contribution >= 0.6 is 0 Å². The number of benzene rings is 1. The molecule has 2 rings (SSSR count). The van der Waals surface area contributed by atoms with Gasteiger partial charge in [0.2, 0.25) is 0 Å². The molecule has 0 spiro atoms. The maximum absolute atomic E-state index is 13.2. The Morgan fingerprint density at radius 3 is 3.00 bits per heavy atom. The van der Waals surface area contributed by atoms with Gasteiger partial charge in [-0.2, -0.15) is 0 Å². The molecule has 19 heavy (non-hydrogen) atoms. The Hall–Kier alpha value is -1.13. The highest BCUT2D eigenvalue weighted by Gasteiger charge is 2.24. The van der Waals surface area contributed by atoms with Crippen LogP contribution in [0.4, 0.5) is 4.39 Å². The van der Waals surface area contributed by atoms with Crippen LogP contribution in [0, 0.1) is 5.82 Å². The lowest BCUT2D eigenvalue weighted by atomic mass is 10.1. The summed E-state index contributed by atoms with van der Waals surface area (Å²) < 4.78 is 13.2. The van der Waals surface area contributed by atoms with Gasteiger partial charge in [-0.05, 0) is 51.2 Å².